The van der Waals surface area contributed by atoms with E-state index in [1.807, 2.05) is 0 Å². The molecule has 26 heavy (non-hydrogen) atoms. The van der Waals surface area contributed by atoms with Crippen LogP contribution >= 0.6 is 51.5 Å². The standard InChI is InChI=1S/C16H15BrClF2N3O2.HI/c1-24-14-5-3-11(7-12(14)18)23-16(21)22-8-9-6-10(17)2-4-13(9)25-15(19)20;/h2-7,15H,8H2,1H3,(H3,21,22,23);1H. The molecule has 0 aromatic heterocycles. The number of guanidine groups is 1. The predicted molar refractivity (Wildman–Crippen MR) is 113 cm³/mol. The zero-order valence-electron chi connectivity index (χ0n) is 13.5. The molecule has 0 radical (unpaired) electrons. The second-order valence-electron chi connectivity index (χ2n) is 4.81. The summed E-state index contributed by atoms with van der Waals surface area (Å²) >= 11 is 9.31. The van der Waals surface area contributed by atoms with Crippen molar-refractivity contribution in [1.29, 1.82) is 0 Å². The third-order valence-corrected chi connectivity index (χ3v) is 3.87. The van der Waals surface area contributed by atoms with Gasteiger partial charge in [-0.15, -0.1) is 24.0 Å². The quantitative estimate of drug-likeness (QED) is 0.287. The van der Waals surface area contributed by atoms with Gasteiger partial charge in [-0.1, -0.05) is 27.5 Å². The number of halogens is 5. The fraction of sp³-hybridized carbons (Fsp3) is 0.188. The molecular weight excluding hydrogens is 546 g/mol. The van der Waals surface area contributed by atoms with Crippen LogP contribution in [0.5, 0.6) is 11.5 Å². The molecule has 0 atom stereocenters. The SMILES string of the molecule is COc1ccc(NC(N)=NCc2cc(Br)ccc2OC(F)F)cc1Cl.I. The number of nitrogens with one attached hydrogen (secondary N) is 1. The van der Waals surface area contributed by atoms with Crippen molar-refractivity contribution < 1.29 is 18.3 Å². The van der Waals surface area contributed by atoms with E-state index < -0.39 is 6.61 Å². The van der Waals surface area contributed by atoms with Crippen molar-refractivity contribution in [3.05, 3.63) is 51.5 Å². The van der Waals surface area contributed by atoms with E-state index in [0.29, 0.717) is 26.5 Å². The molecule has 10 heteroatoms. The molecule has 142 valence electrons. The molecular formula is C16H16BrClF2IN3O2. The zero-order valence-corrected chi connectivity index (χ0v) is 18.2. The summed E-state index contributed by atoms with van der Waals surface area (Å²) in [4.78, 5) is 4.13. The molecule has 0 saturated carbocycles. The Morgan fingerprint density at radius 3 is 2.58 bits per heavy atom. The van der Waals surface area contributed by atoms with Gasteiger partial charge in [0, 0.05) is 15.7 Å². The minimum atomic E-state index is -2.92. The fourth-order valence-electron chi connectivity index (χ4n) is 1.98. The number of alkyl halides is 2. The second kappa shape index (κ2) is 10.7. The Bertz CT molecular complexity index is 781. The molecule has 5 nitrogen and oxygen atoms in total. The minimum Gasteiger partial charge on any atom is -0.495 e. The zero-order chi connectivity index (χ0) is 18.4. The Balaban J connectivity index is 0.00000338. The summed E-state index contributed by atoms with van der Waals surface area (Å²) in [5.74, 6) is 0.678. The van der Waals surface area contributed by atoms with E-state index in [4.69, 9.17) is 22.1 Å². The van der Waals surface area contributed by atoms with Crippen molar-refractivity contribution >= 4 is 63.2 Å². The normalized spacial score (nSPS) is 11.1. The van der Waals surface area contributed by atoms with Crippen molar-refractivity contribution in [3.63, 3.8) is 0 Å². The predicted octanol–water partition coefficient (Wildman–Crippen LogP) is 5.26. The molecule has 2 aromatic carbocycles. The Morgan fingerprint density at radius 2 is 1.96 bits per heavy atom. The van der Waals surface area contributed by atoms with Gasteiger partial charge >= 0.3 is 6.61 Å². The number of hydrogen-bond donors (Lipinski definition) is 2. The van der Waals surface area contributed by atoms with Crippen molar-refractivity contribution in [3.8, 4) is 11.5 Å². The lowest BCUT2D eigenvalue weighted by atomic mass is 10.2. The van der Waals surface area contributed by atoms with Crippen LogP contribution < -0.4 is 20.5 Å². The molecule has 0 heterocycles. The molecule has 2 aromatic rings. The average Bonchev–Trinajstić information content (AvgIpc) is 2.55. The van der Waals surface area contributed by atoms with E-state index in [9.17, 15) is 8.78 Å². The van der Waals surface area contributed by atoms with Crippen LogP contribution in [-0.4, -0.2) is 19.7 Å². The van der Waals surface area contributed by atoms with Crippen LogP contribution in [0.3, 0.4) is 0 Å². The summed E-state index contributed by atoms with van der Waals surface area (Å²) in [6.07, 6.45) is 0. The van der Waals surface area contributed by atoms with Crippen molar-refractivity contribution in [2.45, 2.75) is 13.2 Å². The van der Waals surface area contributed by atoms with E-state index in [2.05, 4.69) is 31.0 Å². The Kier molecular flexibility index (Phi) is 9.37. The number of nitrogens with zero attached hydrogens (tertiary/aromatic N) is 1. The maximum atomic E-state index is 12.5. The number of nitrogens with two attached hydrogens (primary N) is 1. The van der Waals surface area contributed by atoms with Gasteiger partial charge in [0.05, 0.1) is 18.7 Å². The maximum Gasteiger partial charge on any atom is 0.387 e. The first-order valence-corrected chi connectivity index (χ1v) is 8.20. The summed E-state index contributed by atoms with van der Waals surface area (Å²) in [7, 11) is 1.52. The Morgan fingerprint density at radius 1 is 1.27 bits per heavy atom. The molecule has 2 rings (SSSR count). The van der Waals surface area contributed by atoms with E-state index >= 15 is 0 Å². The van der Waals surface area contributed by atoms with Gasteiger partial charge in [0.15, 0.2) is 5.96 Å². The second-order valence-corrected chi connectivity index (χ2v) is 6.13. The molecule has 3 N–H and O–H groups in total. The third kappa shape index (κ3) is 6.76. The van der Waals surface area contributed by atoms with Gasteiger partial charge in [0.25, 0.3) is 0 Å². The van der Waals surface area contributed by atoms with Gasteiger partial charge in [0.2, 0.25) is 0 Å². The summed E-state index contributed by atoms with van der Waals surface area (Å²) in [5, 5.41) is 3.28. The van der Waals surface area contributed by atoms with Crippen molar-refractivity contribution in [2.75, 3.05) is 12.4 Å². The highest BCUT2D eigenvalue weighted by Gasteiger charge is 2.10. The summed E-state index contributed by atoms with van der Waals surface area (Å²) in [6.45, 7) is -2.86. The lowest BCUT2D eigenvalue weighted by Gasteiger charge is -2.11. The van der Waals surface area contributed by atoms with Gasteiger partial charge in [-0.25, -0.2) is 4.99 Å². The molecule has 0 aliphatic rings. The number of methoxy groups -OCH3 is 1. The van der Waals surface area contributed by atoms with Crippen LogP contribution in [0.2, 0.25) is 5.02 Å². The number of hydrogen-bond acceptors (Lipinski definition) is 3. The summed E-state index contributed by atoms with van der Waals surface area (Å²) in [6, 6.07) is 9.71. The minimum absolute atomic E-state index is 0. The van der Waals surface area contributed by atoms with Crippen molar-refractivity contribution in [2.24, 2.45) is 10.7 Å². The molecule has 0 amide bonds. The summed E-state index contributed by atoms with van der Waals surface area (Å²) in [5.41, 5.74) is 6.91. The molecule has 0 saturated heterocycles. The number of anilines is 1. The van der Waals surface area contributed by atoms with Crippen molar-refractivity contribution in [1.82, 2.24) is 0 Å². The van der Waals surface area contributed by atoms with Crippen LogP contribution in [0.15, 0.2) is 45.9 Å². The van der Waals surface area contributed by atoms with E-state index in [1.165, 1.54) is 13.2 Å². The third-order valence-electron chi connectivity index (χ3n) is 3.08. The van der Waals surface area contributed by atoms with Gasteiger partial charge in [-0.05, 0) is 36.4 Å². The monoisotopic (exact) mass is 561 g/mol. The van der Waals surface area contributed by atoms with Gasteiger partial charge in [0.1, 0.15) is 11.5 Å². The molecule has 0 spiro atoms. The van der Waals surface area contributed by atoms with Gasteiger partial charge in [-0.2, -0.15) is 8.78 Å². The summed E-state index contributed by atoms with van der Waals surface area (Å²) < 4.78 is 35.2. The molecule has 0 fully saturated rings. The van der Waals surface area contributed by atoms with Crippen LogP contribution in [0.4, 0.5) is 14.5 Å². The number of ether oxygens (including phenoxy) is 2. The first-order valence-electron chi connectivity index (χ1n) is 7.02. The van der Waals surface area contributed by atoms with Gasteiger partial charge in [-0.3, -0.25) is 0 Å². The smallest absolute Gasteiger partial charge is 0.387 e. The lowest BCUT2D eigenvalue weighted by molar-refractivity contribution is -0.0504. The van der Waals surface area contributed by atoms with Crippen LogP contribution in [-0.2, 0) is 6.54 Å². The fourth-order valence-corrected chi connectivity index (χ4v) is 2.65. The van der Waals surface area contributed by atoms with Crippen LogP contribution in [0.1, 0.15) is 5.56 Å². The number of benzene rings is 2. The Hall–Kier alpha value is -1.33. The lowest BCUT2D eigenvalue weighted by Crippen LogP contribution is -2.22. The highest BCUT2D eigenvalue weighted by molar-refractivity contribution is 14.0. The van der Waals surface area contributed by atoms with E-state index in [-0.39, 0.29) is 42.2 Å². The van der Waals surface area contributed by atoms with Crippen LogP contribution in [0.25, 0.3) is 0 Å². The number of aliphatic imine (C=N–C) groups is 1. The highest BCUT2D eigenvalue weighted by atomic mass is 127. The van der Waals surface area contributed by atoms with Crippen LogP contribution in [0, 0.1) is 0 Å². The largest absolute Gasteiger partial charge is 0.495 e. The molecule has 0 unspecified atom stereocenters. The molecule has 0 aliphatic carbocycles. The maximum absolute atomic E-state index is 12.5. The highest BCUT2D eigenvalue weighted by Crippen LogP contribution is 2.27. The number of rotatable bonds is 6. The molecule has 0 aliphatic heterocycles. The first kappa shape index (κ1) is 22.7. The van der Waals surface area contributed by atoms with E-state index in [1.54, 1.807) is 30.3 Å². The Labute approximate surface area is 180 Å². The topological polar surface area (TPSA) is 68.9 Å². The average molecular weight is 563 g/mol. The van der Waals surface area contributed by atoms with Gasteiger partial charge < -0.3 is 20.5 Å². The van der Waals surface area contributed by atoms with E-state index in [0.717, 1.165) is 0 Å². The molecule has 0 bridgehead atoms. The first-order chi connectivity index (χ1) is 11.9.